The van der Waals surface area contributed by atoms with Gasteiger partial charge in [-0.3, -0.25) is 0 Å². The van der Waals surface area contributed by atoms with Crippen molar-refractivity contribution in [2.75, 3.05) is 32.9 Å². The van der Waals surface area contributed by atoms with E-state index in [2.05, 4.69) is 19.2 Å². The van der Waals surface area contributed by atoms with Crippen LogP contribution < -0.4 is 5.32 Å². The SMILES string of the molecule is C[C@]12CCC(NC(=O)N3CCOCC3)C[C@H]1CCC1[C@@H]2CC[C@]2(C)/C(=C3/C=CC(=O)OC3)CCC12O. The van der Waals surface area contributed by atoms with Crippen LogP contribution in [0.5, 0.6) is 0 Å². The fourth-order valence-electron chi connectivity index (χ4n) is 9.31. The second-order valence-corrected chi connectivity index (χ2v) is 12.8. The number of morpholine rings is 1. The van der Waals surface area contributed by atoms with Crippen LogP contribution in [0.15, 0.2) is 23.3 Å². The molecule has 2 heterocycles. The van der Waals surface area contributed by atoms with Crippen LogP contribution in [0.4, 0.5) is 4.79 Å². The Bertz CT molecular complexity index is 986. The highest BCUT2D eigenvalue weighted by Gasteiger charge is 2.66. The van der Waals surface area contributed by atoms with Crippen LogP contribution in [-0.2, 0) is 14.3 Å². The molecule has 36 heavy (non-hydrogen) atoms. The lowest BCUT2D eigenvalue weighted by molar-refractivity contribution is -0.192. The molecule has 1 saturated heterocycles. The van der Waals surface area contributed by atoms with E-state index < -0.39 is 5.60 Å². The monoisotopic (exact) mass is 498 g/mol. The minimum Gasteiger partial charge on any atom is -0.458 e. The quantitative estimate of drug-likeness (QED) is 0.534. The second-order valence-electron chi connectivity index (χ2n) is 12.8. The molecule has 0 aromatic carbocycles. The van der Waals surface area contributed by atoms with Crippen molar-refractivity contribution < 1.29 is 24.2 Å². The number of ether oxygens (including phenoxy) is 2. The molecule has 7 atom stereocenters. The molecule has 2 amide bonds. The number of rotatable bonds is 1. The lowest BCUT2D eigenvalue weighted by atomic mass is 9.43. The van der Waals surface area contributed by atoms with Crippen molar-refractivity contribution in [3.63, 3.8) is 0 Å². The Kier molecular flexibility index (Phi) is 6.03. The molecule has 2 aliphatic heterocycles. The number of carbonyl (C=O) groups is 2. The number of amides is 2. The predicted molar refractivity (Wildman–Crippen MR) is 135 cm³/mol. The minimum absolute atomic E-state index is 0.0669. The van der Waals surface area contributed by atoms with Gasteiger partial charge in [-0.15, -0.1) is 0 Å². The van der Waals surface area contributed by atoms with E-state index in [-0.39, 0.29) is 28.9 Å². The van der Waals surface area contributed by atoms with Gasteiger partial charge in [0.05, 0.1) is 18.8 Å². The van der Waals surface area contributed by atoms with Crippen LogP contribution in [-0.4, -0.2) is 66.6 Å². The van der Waals surface area contributed by atoms with Crippen LogP contribution in [0.25, 0.3) is 0 Å². The van der Waals surface area contributed by atoms with Gasteiger partial charge in [0.2, 0.25) is 0 Å². The molecule has 6 aliphatic rings. The zero-order valence-electron chi connectivity index (χ0n) is 21.9. The average Bonchev–Trinajstić information content (AvgIpc) is 3.16. The first kappa shape index (κ1) is 24.5. The summed E-state index contributed by atoms with van der Waals surface area (Å²) in [5.74, 6) is 1.15. The van der Waals surface area contributed by atoms with Crippen molar-refractivity contribution in [1.29, 1.82) is 0 Å². The summed E-state index contributed by atoms with van der Waals surface area (Å²) in [5, 5.41) is 15.7. The maximum atomic E-state index is 12.8. The van der Waals surface area contributed by atoms with Crippen molar-refractivity contribution in [3.05, 3.63) is 23.3 Å². The van der Waals surface area contributed by atoms with Gasteiger partial charge in [-0.2, -0.15) is 0 Å². The number of urea groups is 1. The van der Waals surface area contributed by atoms with E-state index in [1.807, 2.05) is 11.0 Å². The fourth-order valence-corrected chi connectivity index (χ4v) is 9.31. The fraction of sp³-hybridized carbons (Fsp3) is 0.793. The lowest BCUT2D eigenvalue weighted by Gasteiger charge is -2.63. The molecule has 7 heteroatoms. The third-order valence-corrected chi connectivity index (χ3v) is 11.4. The Morgan fingerprint density at radius 3 is 2.61 bits per heavy atom. The maximum Gasteiger partial charge on any atom is 0.331 e. The summed E-state index contributed by atoms with van der Waals surface area (Å²) >= 11 is 0. The second kappa shape index (κ2) is 8.87. The molecule has 0 spiro atoms. The third-order valence-electron chi connectivity index (χ3n) is 11.4. The highest BCUT2D eigenvalue weighted by atomic mass is 16.5. The van der Waals surface area contributed by atoms with E-state index in [1.165, 1.54) is 11.6 Å². The molecule has 2 N–H and O–H groups in total. The van der Waals surface area contributed by atoms with Crippen LogP contribution in [0.1, 0.15) is 71.6 Å². The summed E-state index contributed by atoms with van der Waals surface area (Å²) in [5.41, 5.74) is 1.69. The first-order chi connectivity index (χ1) is 17.2. The van der Waals surface area contributed by atoms with E-state index in [0.717, 1.165) is 63.4 Å². The summed E-state index contributed by atoms with van der Waals surface area (Å²) in [6, 6.07) is 0.313. The number of nitrogens with one attached hydrogen (secondary N) is 1. The first-order valence-electron chi connectivity index (χ1n) is 14.2. The smallest absolute Gasteiger partial charge is 0.331 e. The molecule has 0 aromatic rings. The van der Waals surface area contributed by atoms with Gasteiger partial charge >= 0.3 is 12.0 Å². The van der Waals surface area contributed by atoms with E-state index in [4.69, 9.17) is 9.47 Å². The Morgan fingerprint density at radius 2 is 1.86 bits per heavy atom. The molecule has 7 nitrogen and oxygen atoms in total. The Balaban J connectivity index is 1.18. The summed E-state index contributed by atoms with van der Waals surface area (Å²) in [6.45, 7) is 7.71. The molecule has 198 valence electrons. The zero-order chi connectivity index (χ0) is 25.1. The number of nitrogens with zero attached hydrogens (tertiary/aromatic N) is 1. The number of carbonyl (C=O) groups excluding carboxylic acids is 2. The molecule has 4 aliphatic carbocycles. The van der Waals surface area contributed by atoms with Gasteiger partial charge in [0.15, 0.2) is 0 Å². The highest BCUT2D eigenvalue weighted by Crippen LogP contribution is 2.69. The summed E-state index contributed by atoms with van der Waals surface area (Å²) < 4.78 is 10.7. The molecule has 5 fully saturated rings. The number of cyclic esters (lactones) is 1. The summed E-state index contributed by atoms with van der Waals surface area (Å²) in [4.78, 5) is 26.3. The summed E-state index contributed by atoms with van der Waals surface area (Å²) in [7, 11) is 0. The van der Waals surface area contributed by atoms with Crippen LogP contribution >= 0.6 is 0 Å². The minimum atomic E-state index is -0.692. The first-order valence-corrected chi connectivity index (χ1v) is 14.2. The van der Waals surface area contributed by atoms with E-state index in [0.29, 0.717) is 50.7 Å². The molecular formula is C29H42N2O5. The highest BCUT2D eigenvalue weighted by molar-refractivity contribution is 5.84. The van der Waals surface area contributed by atoms with Crippen molar-refractivity contribution in [2.24, 2.45) is 28.6 Å². The van der Waals surface area contributed by atoms with E-state index >= 15 is 0 Å². The predicted octanol–water partition coefficient (Wildman–Crippen LogP) is 3.96. The molecule has 6 rings (SSSR count). The Labute approximate surface area is 214 Å². The largest absolute Gasteiger partial charge is 0.458 e. The van der Waals surface area contributed by atoms with Crippen LogP contribution in [0, 0.1) is 28.6 Å². The van der Waals surface area contributed by atoms with Gasteiger partial charge < -0.3 is 24.8 Å². The number of aliphatic hydroxyl groups is 1. The van der Waals surface area contributed by atoms with Gasteiger partial charge in [0.1, 0.15) is 6.61 Å². The van der Waals surface area contributed by atoms with Gasteiger partial charge in [-0.05, 0) is 92.6 Å². The molecule has 0 radical (unpaired) electrons. The molecule has 3 unspecified atom stereocenters. The van der Waals surface area contributed by atoms with Crippen molar-refractivity contribution in [3.8, 4) is 0 Å². The Morgan fingerprint density at radius 1 is 1.06 bits per heavy atom. The average molecular weight is 499 g/mol. The maximum absolute atomic E-state index is 12.8. The zero-order valence-corrected chi connectivity index (χ0v) is 21.9. The lowest BCUT2D eigenvalue weighted by Crippen LogP contribution is -2.62. The standard InChI is InChI=1S/C29H42N2O5/c1-27-10-7-21(30-26(33)31-13-15-35-16-14-31)17-20(27)4-5-24-23(27)8-11-28(2)22(9-12-29(24,28)34)19-3-6-25(32)36-18-19/h3,6,20-21,23-24,34H,4-5,7-18H2,1-2H3,(H,30,33)/b22-19-/t20-,21?,23+,24?,27+,28-,29?/m1/s1. The Hall–Kier alpha value is -1.86. The van der Waals surface area contributed by atoms with Crippen molar-refractivity contribution in [1.82, 2.24) is 10.2 Å². The molecule has 0 aromatic heterocycles. The van der Waals surface area contributed by atoms with E-state index in [9.17, 15) is 14.7 Å². The molecular weight excluding hydrogens is 456 g/mol. The summed E-state index contributed by atoms with van der Waals surface area (Å²) in [6.07, 6.45) is 12.7. The topological polar surface area (TPSA) is 88.1 Å². The number of hydrogen-bond donors (Lipinski definition) is 2. The van der Waals surface area contributed by atoms with Crippen molar-refractivity contribution >= 4 is 12.0 Å². The van der Waals surface area contributed by atoms with Crippen molar-refractivity contribution in [2.45, 2.75) is 83.3 Å². The number of fused-ring (bicyclic) bond motifs is 5. The molecule has 4 saturated carbocycles. The number of esters is 1. The van der Waals surface area contributed by atoms with E-state index in [1.54, 1.807) is 0 Å². The van der Waals surface area contributed by atoms with Crippen LogP contribution in [0.3, 0.4) is 0 Å². The molecule has 0 bridgehead atoms. The number of hydrogen-bond acceptors (Lipinski definition) is 5. The van der Waals surface area contributed by atoms with Gasteiger partial charge in [-0.1, -0.05) is 19.4 Å². The normalized spacial score (nSPS) is 46.4. The van der Waals surface area contributed by atoms with Crippen LogP contribution in [0.2, 0.25) is 0 Å². The third kappa shape index (κ3) is 3.67. The van der Waals surface area contributed by atoms with Gasteiger partial charge in [0, 0.05) is 30.6 Å². The van der Waals surface area contributed by atoms with Gasteiger partial charge in [0.25, 0.3) is 0 Å². The van der Waals surface area contributed by atoms with Gasteiger partial charge in [-0.25, -0.2) is 9.59 Å².